The lowest BCUT2D eigenvalue weighted by molar-refractivity contribution is -0.136. The van der Waals surface area contributed by atoms with Crippen molar-refractivity contribution >= 4 is 40.7 Å². The molecule has 3 heterocycles. The highest BCUT2D eigenvalue weighted by atomic mass is 32.1. The molecular weight excluding hydrogens is 436 g/mol. The Balaban J connectivity index is 1.94. The maximum atomic E-state index is 13.4. The van der Waals surface area contributed by atoms with Gasteiger partial charge in [0.1, 0.15) is 11.8 Å². The third-order valence-electron chi connectivity index (χ3n) is 4.70. The van der Waals surface area contributed by atoms with E-state index in [9.17, 15) is 14.4 Å². The number of methoxy groups -OCH3 is 1. The molecule has 158 valence electrons. The number of aromatic nitrogens is 1. The number of ether oxygens (including phenoxy) is 2. The molecular formula is C22H18N2O5S2. The summed E-state index contributed by atoms with van der Waals surface area (Å²) >= 11 is 2.67. The molecule has 7 nitrogen and oxygen atoms in total. The SMILES string of the molecule is COC(=O)C1=C(C)N=c2sc(=Cc3ccccc3OC(C)=O)c(=O)n2[C@H]1c1cccs1. The van der Waals surface area contributed by atoms with E-state index in [1.165, 1.54) is 41.3 Å². The van der Waals surface area contributed by atoms with E-state index in [-0.39, 0.29) is 5.56 Å². The Hall–Kier alpha value is -3.30. The Morgan fingerprint density at radius 3 is 2.65 bits per heavy atom. The molecule has 0 radical (unpaired) electrons. The molecule has 0 bridgehead atoms. The molecule has 0 unspecified atom stereocenters. The Kier molecular flexibility index (Phi) is 5.71. The number of rotatable bonds is 4. The van der Waals surface area contributed by atoms with E-state index in [1.54, 1.807) is 37.3 Å². The average molecular weight is 455 g/mol. The Morgan fingerprint density at radius 2 is 1.97 bits per heavy atom. The van der Waals surface area contributed by atoms with Gasteiger partial charge in [0.15, 0.2) is 4.80 Å². The summed E-state index contributed by atoms with van der Waals surface area (Å²) in [6, 6.07) is 10.1. The predicted octanol–water partition coefficient (Wildman–Crippen LogP) is 2.40. The number of thiazole rings is 1. The van der Waals surface area contributed by atoms with Gasteiger partial charge < -0.3 is 9.47 Å². The number of fused-ring (bicyclic) bond motifs is 1. The second-order valence-electron chi connectivity index (χ2n) is 6.72. The normalized spacial score (nSPS) is 16.0. The highest BCUT2D eigenvalue weighted by Gasteiger charge is 2.33. The van der Waals surface area contributed by atoms with Gasteiger partial charge >= 0.3 is 11.9 Å². The van der Waals surface area contributed by atoms with Crippen molar-refractivity contribution in [3.05, 3.63) is 83.2 Å². The van der Waals surface area contributed by atoms with Crippen LogP contribution in [-0.4, -0.2) is 23.6 Å². The van der Waals surface area contributed by atoms with Crippen LogP contribution in [0.2, 0.25) is 0 Å². The van der Waals surface area contributed by atoms with Gasteiger partial charge in [-0.25, -0.2) is 9.79 Å². The third-order valence-corrected chi connectivity index (χ3v) is 6.61. The summed E-state index contributed by atoms with van der Waals surface area (Å²) in [5.74, 6) is -0.602. The Morgan fingerprint density at radius 1 is 1.19 bits per heavy atom. The van der Waals surface area contributed by atoms with E-state index in [1.807, 2.05) is 17.5 Å². The molecule has 0 aliphatic carbocycles. The molecule has 0 N–H and O–H groups in total. The van der Waals surface area contributed by atoms with E-state index in [2.05, 4.69) is 4.99 Å². The van der Waals surface area contributed by atoms with Crippen molar-refractivity contribution in [2.24, 2.45) is 4.99 Å². The number of allylic oxidation sites excluding steroid dienone is 1. The molecule has 0 saturated heterocycles. The minimum atomic E-state index is -0.616. The van der Waals surface area contributed by atoms with Crippen LogP contribution in [0, 0.1) is 0 Å². The van der Waals surface area contributed by atoms with Crippen molar-refractivity contribution in [2.45, 2.75) is 19.9 Å². The van der Waals surface area contributed by atoms with Crippen LogP contribution in [0.25, 0.3) is 6.08 Å². The smallest absolute Gasteiger partial charge is 0.338 e. The van der Waals surface area contributed by atoms with Gasteiger partial charge in [0.2, 0.25) is 0 Å². The number of carbonyl (C=O) groups excluding carboxylic acids is 2. The summed E-state index contributed by atoms with van der Waals surface area (Å²) in [7, 11) is 1.31. The zero-order valence-electron chi connectivity index (χ0n) is 16.9. The monoisotopic (exact) mass is 454 g/mol. The zero-order chi connectivity index (χ0) is 22.1. The average Bonchev–Trinajstić information content (AvgIpc) is 3.36. The first-order valence-corrected chi connectivity index (χ1v) is 11.0. The van der Waals surface area contributed by atoms with Crippen LogP contribution in [0.15, 0.2) is 62.8 Å². The van der Waals surface area contributed by atoms with Crippen molar-refractivity contribution in [3.8, 4) is 5.75 Å². The molecule has 2 aromatic heterocycles. The summed E-state index contributed by atoms with van der Waals surface area (Å²) in [4.78, 5) is 43.2. The summed E-state index contributed by atoms with van der Waals surface area (Å²) in [5.41, 5.74) is 1.16. The van der Waals surface area contributed by atoms with E-state index >= 15 is 0 Å². The third kappa shape index (κ3) is 3.89. The molecule has 1 aliphatic heterocycles. The second-order valence-corrected chi connectivity index (χ2v) is 8.71. The van der Waals surface area contributed by atoms with Crippen LogP contribution in [0.4, 0.5) is 0 Å². The molecule has 0 spiro atoms. The molecule has 1 aliphatic rings. The first-order chi connectivity index (χ1) is 14.9. The fourth-order valence-corrected chi connectivity index (χ4v) is 5.26. The summed E-state index contributed by atoms with van der Waals surface area (Å²) in [6.07, 6.45) is 1.67. The van der Waals surface area contributed by atoms with Crippen LogP contribution in [0.3, 0.4) is 0 Å². The number of nitrogens with zero attached hydrogens (tertiary/aromatic N) is 2. The fourth-order valence-electron chi connectivity index (χ4n) is 3.40. The van der Waals surface area contributed by atoms with Crippen LogP contribution in [0.5, 0.6) is 5.75 Å². The van der Waals surface area contributed by atoms with Crippen LogP contribution in [0.1, 0.15) is 30.3 Å². The first kappa shape index (κ1) is 21.0. The number of carbonyl (C=O) groups is 2. The molecule has 31 heavy (non-hydrogen) atoms. The standard InChI is InChI=1S/C22H18N2O5S2/c1-12-18(21(27)28-3)19(16-9-6-10-30-16)24-20(26)17(31-22(24)23-12)11-14-7-4-5-8-15(14)29-13(2)25/h4-11,19H,1-3H3/t19-/m0/s1. The number of para-hydroxylation sites is 1. The van der Waals surface area contributed by atoms with E-state index in [4.69, 9.17) is 9.47 Å². The maximum Gasteiger partial charge on any atom is 0.338 e. The Labute approximate surface area is 185 Å². The fraction of sp³-hybridized carbons (Fsp3) is 0.182. The summed E-state index contributed by atoms with van der Waals surface area (Å²) in [6.45, 7) is 3.06. The van der Waals surface area contributed by atoms with E-state index in [0.717, 1.165) is 4.88 Å². The van der Waals surface area contributed by atoms with Crippen molar-refractivity contribution in [3.63, 3.8) is 0 Å². The highest BCUT2D eigenvalue weighted by molar-refractivity contribution is 7.10. The molecule has 1 aromatic carbocycles. The molecule has 3 aromatic rings. The number of hydrogen-bond acceptors (Lipinski definition) is 8. The predicted molar refractivity (Wildman–Crippen MR) is 118 cm³/mol. The quantitative estimate of drug-likeness (QED) is 0.446. The van der Waals surface area contributed by atoms with Gasteiger partial charge in [0, 0.05) is 17.4 Å². The molecule has 4 rings (SSSR count). The van der Waals surface area contributed by atoms with Gasteiger partial charge in [0.05, 0.1) is 22.9 Å². The molecule has 0 fully saturated rings. The number of benzene rings is 1. The number of thiophene rings is 1. The van der Waals surface area contributed by atoms with Crippen molar-refractivity contribution in [1.82, 2.24) is 4.57 Å². The van der Waals surface area contributed by atoms with Gasteiger partial charge in [-0.2, -0.15) is 0 Å². The first-order valence-electron chi connectivity index (χ1n) is 9.32. The number of hydrogen-bond donors (Lipinski definition) is 0. The van der Waals surface area contributed by atoms with Gasteiger partial charge in [-0.3, -0.25) is 14.2 Å². The lowest BCUT2D eigenvalue weighted by Crippen LogP contribution is -2.39. The lowest BCUT2D eigenvalue weighted by atomic mass is 10.0. The van der Waals surface area contributed by atoms with Crippen molar-refractivity contribution in [1.29, 1.82) is 0 Å². The maximum absolute atomic E-state index is 13.4. The van der Waals surface area contributed by atoms with Crippen LogP contribution in [-0.2, 0) is 14.3 Å². The molecule has 9 heteroatoms. The van der Waals surface area contributed by atoms with Crippen LogP contribution < -0.4 is 19.6 Å². The van der Waals surface area contributed by atoms with Crippen molar-refractivity contribution < 1.29 is 19.1 Å². The molecule has 0 saturated carbocycles. The number of esters is 2. The van der Waals surface area contributed by atoms with Gasteiger partial charge in [-0.1, -0.05) is 35.6 Å². The lowest BCUT2D eigenvalue weighted by Gasteiger charge is -2.22. The summed E-state index contributed by atoms with van der Waals surface area (Å²) in [5, 5.41) is 1.89. The largest absolute Gasteiger partial charge is 0.466 e. The van der Waals surface area contributed by atoms with Gasteiger partial charge in [-0.05, 0) is 30.5 Å². The topological polar surface area (TPSA) is 87.0 Å². The molecule has 0 amide bonds. The highest BCUT2D eigenvalue weighted by Crippen LogP contribution is 2.33. The molecule has 1 atom stereocenters. The second kappa shape index (κ2) is 8.44. The van der Waals surface area contributed by atoms with Gasteiger partial charge in [0.25, 0.3) is 5.56 Å². The van der Waals surface area contributed by atoms with E-state index < -0.39 is 18.0 Å². The van der Waals surface area contributed by atoms with E-state index in [0.29, 0.717) is 31.9 Å². The van der Waals surface area contributed by atoms with Crippen LogP contribution >= 0.6 is 22.7 Å². The van der Waals surface area contributed by atoms with Gasteiger partial charge in [-0.15, -0.1) is 11.3 Å². The summed E-state index contributed by atoms with van der Waals surface area (Å²) < 4.78 is 12.2. The minimum Gasteiger partial charge on any atom is -0.466 e. The Bertz CT molecular complexity index is 1380. The van der Waals surface area contributed by atoms with Crippen molar-refractivity contribution in [2.75, 3.05) is 7.11 Å². The zero-order valence-corrected chi connectivity index (χ0v) is 18.6. The minimum absolute atomic E-state index is 0.284.